The number of hydrogen-bond donors (Lipinski definition) is 3. The zero-order valence-electron chi connectivity index (χ0n) is 16.7. The average molecular weight is 408 g/mol. The lowest BCUT2D eigenvalue weighted by atomic mass is 10.1. The topological polar surface area (TPSA) is 117 Å². The molecule has 0 aliphatic rings. The molecular formula is C22H24N4O4. The fourth-order valence-corrected chi connectivity index (χ4v) is 3.22. The van der Waals surface area contributed by atoms with E-state index < -0.39 is 17.1 Å². The smallest absolute Gasteiger partial charge is 0.335 e. The molecule has 8 nitrogen and oxygen atoms in total. The predicted molar refractivity (Wildman–Crippen MR) is 116 cm³/mol. The molecule has 3 aromatic rings. The summed E-state index contributed by atoms with van der Waals surface area (Å²) in [6.07, 6.45) is 5.23. The Morgan fingerprint density at radius 2 is 1.90 bits per heavy atom. The van der Waals surface area contributed by atoms with Gasteiger partial charge in [-0.15, -0.1) is 0 Å². The maximum absolute atomic E-state index is 12.4. The number of benzene rings is 2. The molecule has 0 bridgehead atoms. The van der Waals surface area contributed by atoms with Gasteiger partial charge in [-0.3, -0.25) is 14.6 Å². The van der Waals surface area contributed by atoms with E-state index in [4.69, 9.17) is 0 Å². The molecule has 156 valence electrons. The summed E-state index contributed by atoms with van der Waals surface area (Å²) in [6.45, 7) is 2.09. The number of amides is 1. The van der Waals surface area contributed by atoms with Crippen LogP contribution in [0.25, 0.3) is 16.5 Å². The average Bonchev–Trinajstić information content (AvgIpc) is 2.73. The molecular weight excluding hydrogens is 384 g/mol. The number of hydrogen-bond acceptors (Lipinski definition) is 5. The van der Waals surface area contributed by atoms with E-state index in [1.165, 1.54) is 0 Å². The number of carbonyl (C=O) groups is 1. The number of H-pyrrole nitrogens is 1. The largest absolute Gasteiger partial charge is 0.493 e. The van der Waals surface area contributed by atoms with Crippen LogP contribution in [0.4, 0.5) is 0 Å². The van der Waals surface area contributed by atoms with Gasteiger partial charge in [0.2, 0.25) is 11.8 Å². The monoisotopic (exact) mass is 408 g/mol. The first kappa shape index (κ1) is 21.0. The van der Waals surface area contributed by atoms with Crippen molar-refractivity contribution in [3.63, 3.8) is 0 Å². The Balaban J connectivity index is 1.90. The minimum Gasteiger partial charge on any atom is -0.493 e. The molecule has 1 heterocycles. The van der Waals surface area contributed by atoms with E-state index in [2.05, 4.69) is 22.4 Å². The van der Waals surface area contributed by atoms with Crippen molar-refractivity contribution in [2.45, 2.75) is 39.0 Å². The molecule has 3 N–H and O–H groups in total. The Kier molecular flexibility index (Phi) is 6.79. The minimum absolute atomic E-state index is 0.228. The van der Waals surface area contributed by atoms with Crippen LogP contribution < -0.4 is 16.7 Å². The van der Waals surface area contributed by atoms with Gasteiger partial charge < -0.3 is 5.11 Å². The number of nitrogens with one attached hydrogen (secondary N) is 2. The summed E-state index contributed by atoms with van der Waals surface area (Å²) in [5, 5.41) is 16.0. The quantitative estimate of drug-likeness (QED) is 0.302. The van der Waals surface area contributed by atoms with Crippen LogP contribution in [0.15, 0.2) is 57.2 Å². The second kappa shape index (κ2) is 9.69. The normalized spacial score (nSPS) is 11.2. The van der Waals surface area contributed by atoms with Gasteiger partial charge in [0.25, 0.3) is 5.56 Å². The van der Waals surface area contributed by atoms with Gasteiger partial charge in [-0.1, -0.05) is 62.6 Å². The summed E-state index contributed by atoms with van der Waals surface area (Å²) in [5.41, 5.74) is 0.967. The van der Waals surface area contributed by atoms with Crippen LogP contribution >= 0.6 is 0 Å². The Morgan fingerprint density at radius 1 is 1.13 bits per heavy atom. The van der Waals surface area contributed by atoms with Crippen molar-refractivity contribution >= 4 is 22.9 Å². The minimum atomic E-state index is -0.796. The van der Waals surface area contributed by atoms with E-state index in [0.29, 0.717) is 12.1 Å². The van der Waals surface area contributed by atoms with Crippen LogP contribution in [0.2, 0.25) is 0 Å². The molecule has 0 fully saturated rings. The summed E-state index contributed by atoms with van der Waals surface area (Å²) in [5.74, 6) is -0.832. The van der Waals surface area contributed by atoms with Gasteiger partial charge in [0.15, 0.2) is 0 Å². The molecule has 8 heteroatoms. The third-order valence-corrected chi connectivity index (χ3v) is 4.77. The number of aromatic hydroxyl groups is 1. The molecule has 0 radical (unpaired) electrons. The fraction of sp³-hybridized carbons (Fsp3) is 0.273. The van der Waals surface area contributed by atoms with E-state index in [-0.39, 0.29) is 11.5 Å². The second-order valence-corrected chi connectivity index (χ2v) is 6.93. The lowest BCUT2D eigenvalue weighted by Crippen LogP contribution is -2.31. The summed E-state index contributed by atoms with van der Waals surface area (Å²) in [4.78, 5) is 38.7. The first-order valence-electron chi connectivity index (χ1n) is 9.91. The van der Waals surface area contributed by atoms with Crippen molar-refractivity contribution in [1.29, 1.82) is 0 Å². The van der Waals surface area contributed by atoms with E-state index in [1.807, 2.05) is 30.3 Å². The first-order chi connectivity index (χ1) is 14.5. The molecule has 30 heavy (non-hydrogen) atoms. The zero-order valence-corrected chi connectivity index (χ0v) is 16.7. The zero-order chi connectivity index (χ0) is 21.5. The third-order valence-electron chi connectivity index (χ3n) is 4.77. The highest BCUT2D eigenvalue weighted by Gasteiger charge is 2.16. The Bertz CT molecular complexity index is 1190. The van der Waals surface area contributed by atoms with E-state index in [9.17, 15) is 19.5 Å². The molecule has 0 unspecified atom stereocenters. The number of nitrogens with zero attached hydrogens (tertiary/aromatic N) is 2. The van der Waals surface area contributed by atoms with Crippen LogP contribution in [0.1, 0.15) is 44.6 Å². The van der Waals surface area contributed by atoms with E-state index >= 15 is 0 Å². The van der Waals surface area contributed by atoms with Crippen molar-refractivity contribution in [1.82, 2.24) is 15.0 Å². The number of carbonyl (C=O) groups excluding carboxylic acids is 1. The molecule has 0 aliphatic heterocycles. The van der Waals surface area contributed by atoms with Gasteiger partial charge in [-0.2, -0.15) is 5.10 Å². The van der Waals surface area contributed by atoms with E-state index in [0.717, 1.165) is 47.2 Å². The summed E-state index contributed by atoms with van der Waals surface area (Å²) in [6, 6.07) is 12.7. The van der Waals surface area contributed by atoms with Crippen LogP contribution in [0, 0.1) is 0 Å². The van der Waals surface area contributed by atoms with Crippen molar-refractivity contribution in [3.8, 4) is 11.6 Å². The first-order valence-corrected chi connectivity index (χ1v) is 9.91. The number of rotatable bonds is 8. The van der Waals surface area contributed by atoms with Gasteiger partial charge in [0, 0.05) is 11.8 Å². The highest BCUT2D eigenvalue weighted by atomic mass is 16.3. The number of aromatic amines is 1. The maximum atomic E-state index is 12.4. The molecule has 0 spiro atoms. The van der Waals surface area contributed by atoms with Gasteiger partial charge >= 0.3 is 5.69 Å². The highest BCUT2D eigenvalue weighted by Crippen LogP contribution is 2.24. The molecule has 1 aromatic heterocycles. The Hall–Kier alpha value is -3.68. The molecule has 0 atom stereocenters. The molecule has 2 aromatic carbocycles. The highest BCUT2D eigenvalue weighted by molar-refractivity contribution is 5.91. The van der Waals surface area contributed by atoms with Gasteiger partial charge in [0.1, 0.15) is 5.56 Å². The molecule has 0 saturated carbocycles. The standard InChI is InChI=1S/C22H24N4O4/c1-2-3-4-5-13-19(27)25-23-14-17-20(28)24-22(30)26(21(17)29)18-12-8-10-15-9-6-7-11-16(15)18/h6-12,14,29H,2-5,13H2,1H3,(H,25,27)(H,24,28,30). The van der Waals surface area contributed by atoms with Crippen LogP contribution in [-0.4, -0.2) is 26.8 Å². The van der Waals surface area contributed by atoms with Gasteiger partial charge in [-0.25, -0.2) is 14.8 Å². The van der Waals surface area contributed by atoms with Crippen LogP contribution in [0.3, 0.4) is 0 Å². The number of unbranched alkanes of at least 4 members (excludes halogenated alkanes) is 3. The van der Waals surface area contributed by atoms with Crippen molar-refractivity contribution in [2.75, 3.05) is 0 Å². The van der Waals surface area contributed by atoms with Crippen LogP contribution in [0.5, 0.6) is 5.88 Å². The number of hydrazone groups is 1. The lowest BCUT2D eigenvalue weighted by Gasteiger charge is -2.12. The fourth-order valence-electron chi connectivity index (χ4n) is 3.22. The third kappa shape index (κ3) is 4.65. The summed E-state index contributed by atoms with van der Waals surface area (Å²) >= 11 is 0. The van der Waals surface area contributed by atoms with Crippen LogP contribution in [-0.2, 0) is 4.79 Å². The number of aromatic nitrogens is 2. The lowest BCUT2D eigenvalue weighted by molar-refractivity contribution is -0.121. The number of fused-ring (bicyclic) bond motifs is 1. The van der Waals surface area contributed by atoms with Crippen molar-refractivity contribution in [3.05, 3.63) is 68.9 Å². The van der Waals surface area contributed by atoms with Crippen molar-refractivity contribution in [2.24, 2.45) is 5.10 Å². The Labute approximate surface area is 172 Å². The SMILES string of the molecule is CCCCCCC(=O)NN=Cc1c(O)n(-c2cccc3ccccc23)c(=O)[nH]c1=O. The molecule has 3 rings (SSSR count). The summed E-state index contributed by atoms with van der Waals surface area (Å²) < 4.78 is 1.01. The Morgan fingerprint density at radius 3 is 2.70 bits per heavy atom. The predicted octanol–water partition coefficient (Wildman–Crippen LogP) is 2.81. The summed E-state index contributed by atoms with van der Waals surface area (Å²) in [7, 11) is 0. The van der Waals surface area contributed by atoms with E-state index in [1.54, 1.807) is 12.1 Å². The molecule has 0 aliphatic carbocycles. The van der Waals surface area contributed by atoms with Gasteiger partial charge in [0.05, 0.1) is 11.9 Å². The van der Waals surface area contributed by atoms with Crippen molar-refractivity contribution < 1.29 is 9.90 Å². The second-order valence-electron chi connectivity index (χ2n) is 6.93. The molecule has 0 saturated heterocycles. The molecule has 1 amide bonds. The van der Waals surface area contributed by atoms with Gasteiger partial charge in [-0.05, 0) is 17.9 Å². The maximum Gasteiger partial charge on any atom is 0.335 e.